The molecule has 4 nitrogen and oxygen atoms in total. The van der Waals surface area contributed by atoms with Crippen molar-refractivity contribution in [2.45, 2.75) is 45.9 Å². The molecule has 2 unspecified atom stereocenters. The average molecular weight is 244 g/mol. The predicted octanol–water partition coefficient (Wildman–Crippen LogP) is 1.44. The number of hydrogen-bond acceptors (Lipinski definition) is 4. The highest BCUT2D eigenvalue weighted by molar-refractivity contribution is 4.78. The van der Waals surface area contributed by atoms with E-state index in [1.54, 1.807) is 0 Å². The van der Waals surface area contributed by atoms with E-state index in [0.717, 1.165) is 19.6 Å². The summed E-state index contributed by atoms with van der Waals surface area (Å²) in [6, 6.07) is 0.287. The number of piperidine rings is 1. The van der Waals surface area contributed by atoms with Crippen LogP contribution in [-0.4, -0.2) is 50.1 Å². The molecular formula is C13H28N2O2. The first-order valence-corrected chi connectivity index (χ1v) is 6.88. The van der Waals surface area contributed by atoms with Gasteiger partial charge in [0.05, 0.1) is 0 Å². The highest BCUT2D eigenvalue weighted by Gasteiger charge is 2.24. The maximum absolute atomic E-state index is 5.99. The number of likely N-dealkylation sites (tertiary alicyclic amines) is 1. The van der Waals surface area contributed by atoms with Crippen LogP contribution in [0.5, 0.6) is 0 Å². The van der Waals surface area contributed by atoms with E-state index in [4.69, 9.17) is 15.2 Å². The largest absolute Gasteiger partial charge is 0.352 e. The first kappa shape index (κ1) is 14.9. The molecule has 0 saturated carbocycles. The van der Waals surface area contributed by atoms with Crippen LogP contribution in [0.3, 0.4) is 0 Å². The zero-order valence-electron chi connectivity index (χ0n) is 11.5. The van der Waals surface area contributed by atoms with Gasteiger partial charge in [-0.25, -0.2) is 0 Å². The minimum absolute atomic E-state index is 0.0863. The second-order valence-electron chi connectivity index (χ2n) is 4.86. The highest BCUT2D eigenvalue weighted by Crippen LogP contribution is 2.19. The van der Waals surface area contributed by atoms with E-state index < -0.39 is 0 Å². The molecule has 102 valence electrons. The first-order valence-electron chi connectivity index (χ1n) is 6.88. The van der Waals surface area contributed by atoms with Gasteiger partial charge < -0.3 is 15.2 Å². The first-order chi connectivity index (χ1) is 8.17. The maximum Gasteiger partial charge on any atom is 0.170 e. The summed E-state index contributed by atoms with van der Waals surface area (Å²) >= 11 is 0. The Kier molecular flexibility index (Phi) is 7.04. The number of ether oxygens (including phenoxy) is 2. The van der Waals surface area contributed by atoms with Crippen molar-refractivity contribution in [3.8, 4) is 0 Å². The third kappa shape index (κ3) is 5.34. The van der Waals surface area contributed by atoms with Crippen molar-refractivity contribution in [1.82, 2.24) is 4.90 Å². The van der Waals surface area contributed by atoms with Crippen molar-refractivity contribution in [2.75, 3.05) is 32.8 Å². The zero-order valence-corrected chi connectivity index (χ0v) is 11.5. The lowest BCUT2D eigenvalue weighted by atomic mass is 9.92. The number of rotatable bonds is 7. The molecule has 1 heterocycles. The lowest BCUT2D eigenvalue weighted by molar-refractivity contribution is -0.149. The fourth-order valence-corrected chi connectivity index (χ4v) is 2.42. The smallest absolute Gasteiger partial charge is 0.170 e. The Bertz CT molecular complexity index is 194. The van der Waals surface area contributed by atoms with E-state index in [1.807, 2.05) is 13.8 Å². The van der Waals surface area contributed by atoms with Gasteiger partial charge in [0.15, 0.2) is 6.29 Å². The highest BCUT2D eigenvalue weighted by atomic mass is 16.7. The third-order valence-corrected chi connectivity index (χ3v) is 3.40. The lowest BCUT2D eigenvalue weighted by Crippen LogP contribution is -2.45. The summed E-state index contributed by atoms with van der Waals surface area (Å²) in [6.07, 6.45) is 2.40. The molecule has 4 heteroatoms. The van der Waals surface area contributed by atoms with Gasteiger partial charge in [-0.15, -0.1) is 0 Å². The Hall–Kier alpha value is -0.160. The molecule has 0 aromatic heterocycles. The van der Waals surface area contributed by atoms with Crippen LogP contribution in [0.4, 0.5) is 0 Å². The molecule has 0 radical (unpaired) electrons. The number of hydrogen-bond donors (Lipinski definition) is 1. The fraction of sp³-hybridized carbons (Fsp3) is 1.00. The summed E-state index contributed by atoms with van der Waals surface area (Å²) in [7, 11) is 0. The molecule has 2 atom stereocenters. The fourth-order valence-electron chi connectivity index (χ4n) is 2.42. The molecule has 0 aliphatic carbocycles. The molecule has 0 amide bonds. The van der Waals surface area contributed by atoms with E-state index in [2.05, 4.69) is 11.8 Å². The van der Waals surface area contributed by atoms with Gasteiger partial charge in [-0.05, 0) is 46.1 Å². The van der Waals surface area contributed by atoms with Crippen molar-refractivity contribution >= 4 is 0 Å². The van der Waals surface area contributed by atoms with Gasteiger partial charge >= 0.3 is 0 Å². The molecule has 1 aliphatic rings. The van der Waals surface area contributed by atoms with Gasteiger partial charge in [0.2, 0.25) is 0 Å². The summed E-state index contributed by atoms with van der Waals surface area (Å²) in [5.41, 5.74) is 5.99. The summed E-state index contributed by atoms with van der Waals surface area (Å²) in [6.45, 7) is 10.6. The molecule has 1 aliphatic heterocycles. The van der Waals surface area contributed by atoms with Gasteiger partial charge in [0.1, 0.15) is 0 Å². The standard InChI is InChI=1S/C13H28N2O2/c1-4-16-13(17-5-2)10-15-8-6-7-12(9-15)11(3)14/h11-13H,4-10,14H2,1-3H3. The normalized spacial score (nSPS) is 24.2. The van der Waals surface area contributed by atoms with Gasteiger partial charge in [-0.2, -0.15) is 0 Å². The van der Waals surface area contributed by atoms with Crippen LogP contribution < -0.4 is 5.73 Å². The van der Waals surface area contributed by atoms with E-state index in [-0.39, 0.29) is 12.3 Å². The van der Waals surface area contributed by atoms with Crippen LogP contribution >= 0.6 is 0 Å². The number of nitrogens with two attached hydrogens (primary N) is 1. The quantitative estimate of drug-likeness (QED) is 0.689. The lowest BCUT2D eigenvalue weighted by Gasteiger charge is -2.36. The molecule has 0 aromatic carbocycles. The minimum atomic E-state index is -0.0863. The summed E-state index contributed by atoms with van der Waals surface area (Å²) < 4.78 is 11.2. The Morgan fingerprint density at radius 2 is 1.94 bits per heavy atom. The van der Waals surface area contributed by atoms with Crippen molar-refractivity contribution in [3.63, 3.8) is 0 Å². The average Bonchev–Trinajstić information content (AvgIpc) is 2.30. The SMILES string of the molecule is CCOC(CN1CCCC(C(C)N)C1)OCC. The van der Waals surface area contributed by atoms with E-state index in [0.29, 0.717) is 19.1 Å². The van der Waals surface area contributed by atoms with Crippen molar-refractivity contribution in [2.24, 2.45) is 11.7 Å². The topological polar surface area (TPSA) is 47.7 Å². The molecule has 0 bridgehead atoms. The van der Waals surface area contributed by atoms with Crippen molar-refractivity contribution < 1.29 is 9.47 Å². The van der Waals surface area contributed by atoms with Crippen LogP contribution in [-0.2, 0) is 9.47 Å². The molecule has 1 rings (SSSR count). The van der Waals surface area contributed by atoms with Crippen molar-refractivity contribution in [3.05, 3.63) is 0 Å². The molecular weight excluding hydrogens is 216 g/mol. The van der Waals surface area contributed by atoms with Crippen LogP contribution in [0.1, 0.15) is 33.6 Å². The van der Waals surface area contributed by atoms with E-state index in [9.17, 15) is 0 Å². The summed E-state index contributed by atoms with van der Waals surface area (Å²) in [5, 5.41) is 0. The van der Waals surface area contributed by atoms with Gasteiger partial charge in [-0.1, -0.05) is 0 Å². The van der Waals surface area contributed by atoms with Crippen LogP contribution in [0, 0.1) is 5.92 Å². The zero-order chi connectivity index (χ0) is 12.7. The van der Waals surface area contributed by atoms with Crippen LogP contribution in [0.15, 0.2) is 0 Å². The summed E-state index contributed by atoms with van der Waals surface area (Å²) in [5.74, 6) is 0.618. The van der Waals surface area contributed by atoms with Crippen LogP contribution in [0.25, 0.3) is 0 Å². The Balaban J connectivity index is 2.37. The molecule has 0 spiro atoms. The van der Waals surface area contributed by atoms with Gasteiger partial charge in [0.25, 0.3) is 0 Å². The number of nitrogens with zero attached hydrogens (tertiary/aromatic N) is 1. The van der Waals surface area contributed by atoms with Crippen LogP contribution in [0.2, 0.25) is 0 Å². The summed E-state index contributed by atoms with van der Waals surface area (Å²) in [4.78, 5) is 2.42. The second-order valence-corrected chi connectivity index (χ2v) is 4.86. The molecule has 0 aromatic rings. The molecule has 1 fully saturated rings. The third-order valence-electron chi connectivity index (χ3n) is 3.40. The predicted molar refractivity (Wildman–Crippen MR) is 69.9 cm³/mol. The Morgan fingerprint density at radius 3 is 2.47 bits per heavy atom. The van der Waals surface area contributed by atoms with E-state index >= 15 is 0 Å². The molecule has 17 heavy (non-hydrogen) atoms. The Labute approximate surface area is 105 Å². The maximum atomic E-state index is 5.99. The minimum Gasteiger partial charge on any atom is -0.352 e. The van der Waals surface area contributed by atoms with Crippen molar-refractivity contribution in [1.29, 1.82) is 0 Å². The Morgan fingerprint density at radius 1 is 1.29 bits per heavy atom. The second kappa shape index (κ2) is 8.03. The molecule has 2 N–H and O–H groups in total. The van der Waals surface area contributed by atoms with Gasteiger partial charge in [0, 0.05) is 32.3 Å². The van der Waals surface area contributed by atoms with Gasteiger partial charge in [-0.3, -0.25) is 4.90 Å². The monoisotopic (exact) mass is 244 g/mol. The molecule has 1 saturated heterocycles. The van der Waals surface area contributed by atoms with E-state index in [1.165, 1.54) is 12.8 Å².